The van der Waals surface area contributed by atoms with E-state index >= 15 is 0 Å². The molecule has 132 valence electrons. The summed E-state index contributed by atoms with van der Waals surface area (Å²) in [4.78, 5) is 12.4. The lowest BCUT2D eigenvalue weighted by atomic mass is 10.2. The van der Waals surface area contributed by atoms with E-state index in [-0.39, 0.29) is 18.3 Å². The molecule has 0 atom stereocenters. The van der Waals surface area contributed by atoms with Crippen molar-refractivity contribution in [2.75, 3.05) is 11.9 Å². The zero-order chi connectivity index (χ0) is 17.9. The highest BCUT2D eigenvalue weighted by atomic mass is 32.2. The first-order chi connectivity index (χ1) is 12.7. The van der Waals surface area contributed by atoms with Crippen LogP contribution < -0.4 is 10.1 Å². The number of aromatic nitrogens is 2. The molecule has 0 fully saturated rings. The van der Waals surface area contributed by atoms with Crippen molar-refractivity contribution in [1.82, 2.24) is 9.78 Å². The molecule has 0 spiro atoms. The lowest BCUT2D eigenvalue weighted by molar-refractivity contribution is -0.118. The number of benzene rings is 2. The highest BCUT2D eigenvalue weighted by Crippen LogP contribution is 2.36. The molecule has 2 heterocycles. The summed E-state index contributed by atoms with van der Waals surface area (Å²) in [6, 6.07) is 15.3. The van der Waals surface area contributed by atoms with Crippen molar-refractivity contribution in [3.05, 3.63) is 71.7 Å². The van der Waals surface area contributed by atoms with Crippen molar-refractivity contribution >= 4 is 23.5 Å². The summed E-state index contributed by atoms with van der Waals surface area (Å²) in [6.45, 7) is -0.159. The summed E-state index contributed by atoms with van der Waals surface area (Å²) in [6.07, 6.45) is 0. The fourth-order valence-electron chi connectivity index (χ4n) is 2.75. The Kier molecular flexibility index (Phi) is 4.62. The van der Waals surface area contributed by atoms with Gasteiger partial charge in [-0.25, -0.2) is 9.07 Å². The third-order valence-electron chi connectivity index (χ3n) is 3.99. The van der Waals surface area contributed by atoms with Crippen molar-refractivity contribution in [2.24, 2.45) is 0 Å². The molecule has 0 saturated carbocycles. The first-order valence-corrected chi connectivity index (χ1v) is 9.28. The van der Waals surface area contributed by atoms with Gasteiger partial charge in [-0.05, 0) is 36.4 Å². The van der Waals surface area contributed by atoms with Gasteiger partial charge < -0.3 is 10.1 Å². The summed E-state index contributed by atoms with van der Waals surface area (Å²) in [5.41, 5.74) is 2.93. The van der Waals surface area contributed by atoms with Gasteiger partial charge in [0.25, 0.3) is 5.91 Å². The van der Waals surface area contributed by atoms with Crippen molar-refractivity contribution in [1.29, 1.82) is 0 Å². The summed E-state index contributed by atoms with van der Waals surface area (Å²) < 4.78 is 20.1. The number of para-hydroxylation sites is 1. The average molecular weight is 369 g/mol. The Morgan fingerprint density at radius 2 is 1.92 bits per heavy atom. The molecule has 1 aromatic heterocycles. The number of ether oxygens (including phenoxy) is 1. The summed E-state index contributed by atoms with van der Waals surface area (Å²) in [5, 5.41) is 7.56. The topological polar surface area (TPSA) is 56.1 Å². The number of rotatable bonds is 5. The third-order valence-corrected chi connectivity index (χ3v) is 4.96. The number of anilines is 1. The summed E-state index contributed by atoms with van der Waals surface area (Å²) in [7, 11) is 0. The number of amides is 1. The molecule has 2 aromatic carbocycles. The highest BCUT2D eigenvalue weighted by Gasteiger charge is 2.24. The Labute approximate surface area is 154 Å². The molecular formula is C19H16FN3O2S. The van der Waals surface area contributed by atoms with Crippen LogP contribution in [0.5, 0.6) is 5.75 Å². The minimum atomic E-state index is -0.346. The Morgan fingerprint density at radius 1 is 1.15 bits per heavy atom. The maximum Gasteiger partial charge on any atom is 0.263 e. The van der Waals surface area contributed by atoms with Gasteiger partial charge in [-0.15, -0.1) is 0 Å². The monoisotopic (exact) mass is 369 g/mol. The molecule has 0 bridgehead atoms. The Balaban J connectivity index is 1.52. The van der Waals surface area contributed by atoms with E-state index in [0.717, 1.165) is 28.5 Å². The molecule has 0 aliphatic carbocycles. The summed E-state index contributed by atoms with van der Waals surface area (Å²) in [5.74, 6) is 2.15. The van der Waals surface area contributed by atoms with Crippen LogP contribution in [0.3, 0.4) is 0 Å². The zero-order valence-electron chi connectivity index (χ0n) is 13.8. The number of carbonyl (C=O) groups excluding carboxylic acids is 1. The number of halogens is 1. The van der Waals surface area contributed by atoms with E-state index in [1.165, 1.54) is 24.3 Å². The van der Waals surface area contributed by atoms with E-state index in [2.05, 4.69) is 10.4 Å². The molecule has 4 rings (SSSR count). The maximum absolute atomic E-state index is 12.9. The number of hydrogen-bond acceptors (Lipinski definition) is 4. The molecule has 7 heteroatoms. The lowest BCUT2D eigenvalue weighted by Gasteiger charge is -2.11. The van der Waals surface area contributed by atoms with Crippen molar-refractivity contribution in [3.8, 4) is 11.4 Å². The Bertz CT molecular complexity index is 926. The predicted octanol–water partition coefficient (Wildman–Crippen LogP) is 3.78. The van der Waals surface area contributed by atoms with Crippen LogP contribution in [-0.2, 0) is 16.3 Å². The highest BCUT2D eigenvalue weighted by molar-refractivity contribution is 7.98. The van der Waals surface area contributed by atoms with E-state index in [0.29, 0.717) is 11.6 Å². The van der Waals surface area contributed by atoms with E-state index in [1.807, 2.05) is 30.3 Å². The predicted molar refractivity (Wildman–Crippen MR) is 99.1 cm³/mol. The minimum absolute atomic E-state index is 0.159. The molecule has 0 unspecified atom stereocenters. The lowest BCUT2D eigenvalue weighted by Crippen LogP contribution is -2.22. The van der Waals surface area contributed by atoms with Crippen LogP contribution in [0.4, 0.5) is 10.2 Å². The first-order valence-electron chi connectivity index (χ1n) is 8.13. The smallest absolute Gasteiger partial charge is 0.263 e. The van der Waals surface area contributed by atoms with Crippen LogP contribution in [0.25, 0.3) is 5.69 Å². The molecule has 1 aliphatic heterocycles. The molecule has 26 heavy (non-hydrogen) atoms. The minimum Gasteiger partial charge on any atom is -0.484 e. The second-order valence-electron chi connectivity index (χ2n) is 5.80. The Hall–Kier alpha value is -2.80. The SMILES string of the molecule is O=C(COc1ccc(F)cc1)Nc1c2c(nn1-c1ccccc1)CSC2. The fraction of sp³-hybridized carbons (Fsp3) is 0.158. The third kappa shape index (κ3) is 3.43. The van der Waals surface area contributed by atoms with Gasteiger partial charge in [-0.2, -0.15) is 16.9 Å². The van der Waals surface area contributed by atoms with Crippen molar-refractivity contribution in [2.45, 2.75) is 11.5 Å². The van der Waals surface area contributed by atoms with Crippen LogP contribution in [-0.4, -0.2) is 22.3 Å². The van der Waals surface area contributed by atoms with Gasteiger partial charge in [0.2, 0.25) is 0 Å². The molecule has 1 amide bonds. The van der Waals surface area contributed by atoms with E-state index < -0.39 is 0 Å². The van der Waals surface area contributed by atoms with Crippen LogP contribution >= 0.6 is 11.8 Å². The number of hydrogen-bond donors (Lipinski definition) is 1. The maximum atomic E-state index is 12.9. The van der Waals surface area contributed by atoms with Crippen molar-refractivity contribution in [3.63, 3.8) is 0 Å². The number of fused-ring (bicyclic) bond motifs is 1. The van der Waals surface area contributed by atoms with Crippen LogP contribution in [0.1, 0.15) is 11.3 Å². The second-order valence-corrected chi connectivity index (χ2v) is 6.79. The van der Waals surface area contributed by atoms with Gasteiger partial charge in [-0.3, -0.25) is 4.79 Å². The molecule has 1 aliphatic rings. The van der Waals surface area contributed by atoms with Crippen LogP contribution in [0, 0.1) is 5.82 Å². The van der Waals surface area contributed by atoms with Gasteiger partial charge in [0.1, 0.15) is 17.4 Å². The van der Waals surface area contributed by atoms with E-state index in [9.17, 15) is 9.18 Å². The Morgan fingerprint density at radius 3 is 2.69 bits per heavy atom. The number of thioether (sulfide) groups is 1. The molecule has 5 nitrogen and oxygen atoms in total. The van der Waals surface area contributed by atoms with Crippen molar-refractivity contribution < 1.29 is 13.9 Å². The molecule has 3 aromatic rings. The molecule has 0 radical (unpaired) electrons. The first kappa shape index (κ1) is 16.7. The molecule has 1 N–H and O–H groups in total. The van der Waals surface area contributed by atoms with Gasteiger partial charge >= 0.3 is 0 Å². The van der Waals surface area contributed by atoms with Gasteiger partial charge in [0.15, 0.2) is 6.61 Å². The summed E-state index contributed by atoms with van der Waals surface area (Å²) >= 11 is 1.77. The standard InChI is InChI=1S/C19H16FN3O2S/c20-13-6-8-15(9-7-13)25-10-18(24)21-19-16-11-26-12-17(16)22-23(19)14-4-2-1-3-5-14/h1-9H,10-12H2,(H,21,24). The van der Waals surface area contributed by atoms with Gasteiger partial charge in [-0.1, -0.05) is 18.2 Å². The largest absolute Gasteiger partial charge is 0.484 e. The number of nitrogens with one attached hydrogen (secondary N) is 1. The normalized spacial score (nSPS) is 12.7. The van der Waals surface area contributed by atoms with Gasteiger partial charge in [0.05, 0.1) is 11.4 Å². The number of nitrogens with zero attached hydrogens (tertiary/aromatic N) is 2. The average Bonchev–Trinajstić information content (AvgIpc) is 3.25. The quantitative estimate of drug-likeness (QED) is 0.744. The van der Waals surface area contributed by atoms with E-state index in [4.69, 9.17) is 4.74 Å². The van der Waals surface area contributed by atoms with E-state index in [1.54, 1.807) is 16.4 Å². The second kappa shape index (κ2) is 7.21. The zero-order valence-corrected chi connectivity index (χ0v) is 14.6. The fourth-order valence-corrected chi connectivity index (χ4v) is 3.78. The number of carbonyl (C=O) groups is 1. The van der Waals surface area contributed by atoms with Crippen LogP contribution in [0.2, 0.25) is 0 Å². The van der Waals surface area contributed by atoms with Gasteiger partial charge in [0, 0.05) is 17.1 Å². The van der Waals surface area contributed by atoms with Crippen LogP contribution in [0.15, 0.2) is 54.6 Å². The molecule has 0 saturated heterocycles. The molecular weight excluding hydrogens is 353 g/mol.